The minimum Gasteiger partial charge on any atom is -0.440 e. The summed E-state index contributed by atoms with van der Waals surface area (Å²) in [5.41, 5.74) is 2.45. The number of carbonyl (C=O) groups excluding carboxylic acids is 1. The SMILES string of the molecule is CNC(=O)Oc1ccc2c(c1C)OC(c1ccccc1)(c1ccccc1)O2. The fraction of sp³-hybridized carbons (Fsp3) is 0.136. The zero-order valence-electron chi connectivity index (χ0n) is 15.1. The second-order valence-corrected chi connectivity index (χ2v) is 6.21. The second-order valence-electron chi connectivity index (χ2n) is 6.21. The molecule has 0 aliphatic carbocycles. The molecule has 0 atom stereocenters. The number of nitrogens with one attached hydrogen (secondary N) is 1. The molecule has 0 unspecified atom stereocenters. The Hall–Kier alpha value is -3.47. The topological polar surface area (TPSA) is 56.8 Å². The molecule has 0 saturated carbocycles. The van der Waals surface area contributed by atoms with Crippen LogP contribution in [0.2, 0.25) is 0 Å². The predicted molar refractivity (Wildman–Crippen MR) is 101 cm³/mol. The molecule has 1 N–H and O–H groups in total. The van der Waals surface area contributed by atoms with Gasteiger partial charge in [0.2, 0.25) is 0 Å². The molecule has 0 bridgehead atoms. The van der Waals surface area contributed by atoms with Crippen LogP contribution in [-0.4, -0.2) is 13.1 Å². The lowest BCUT2D eigenvalue weighted by Gasteiger charge is -2.28. The van der Waals surface area contributed by atoms with Gasteiger partial charge in [-0.2, -0.15) is 0 Å². The number of amides is 1. The summed E-state index contributed by atoms with van der Waals surface area (Å²) in [6, 6.07) is 23.0. The van der Waals surface area contributed by atoms with E-state index in [-0.39, 0.29) is 0 Å². The van der Waals surface area contributed by atoms with E-state index in [1.54, 1.807) is 12.1 Å². The van der Waals surface area contributed by atoms with Crippen LogP contribution < -0.4 is 19.5 Å². The summed E-state index contributed by atoms with van der Waals surface area (Å²) in [6.45, 7) is 1.84. The molecule has 1 amide bonds. The number of carbonyl (C=O) groups is 1. The summed E-state index contributed by atoms with van der Waals surface area (Å²) < 4.78 is 18.1. The Morgan fingerprint density at radius 3 is 2.04 bits per heavy atom. The highest BCUT2D eigenvalue weighted by atomic mass is 16.7. The first-order valence-corrected chi connectivity index (χ1v) is 8.66. The maximum atomic E-state index is 11.6. The minimum atomic E-state index is -1.10. The normalized spacial score (nSPS) is 13.9. The second kappa shape index (κ2) is 6.68. The van der Waals surface area contributed by atoms with Crippen molar-refractivity contribution in [3.63, 3.8) is 0 Å². The van der Waals surface area contributed by atoms with Crippen molar-refractivity contribution < 1.29 is 19.0 Å². The lowest BCUT2D eigenvalue weighted by Crippen LogP contribution is -2.36. The fourth-order valence-electron chi connectivity index (χ4n) is 3.15. The van der Waals surface area contributed by atoms with Gasteiger partial charge in [0, 0.05) is 23.7 Å². The van der Waals surface area contributed by atoms with Crippen molar-refractivity contribution in [1.29, 1.82) is 0 Å². The Morgan fingerprint density at radius 1 is 0.889 bits per heavy atom. The van der Waals surface area contributed by atoms with E-state index >= 15 is 0 Å². The third kappa shape index (κ3) is 2.87. The molecule has 1 aliphatic heterocycles. The maximum absolute atomic E-state index is 11.6. The number of ether oxygens (including phenoxy) is 3. The van der Waals surface area contributed by atoms with E-state index in [9.17, 15) is 4.79 Å². The Kier molecular flexibility index (Phi) is 4.20. The lowest BCUT2D eigenvalue weighted by molar-refractivity contribution is -0.0461. The molecular formula is C22H19NO4. The number of fused-ring (bicyclic) bond motifs is 1. The van der Waals surface area contributed by atoms with Crippen LogP contribution in [0.3, 0.4) is 0 Å². The minimum absolute atomic E-state index is 0.425. The van der Waals surface area contributed by atoms with Crippen molar-refractivity contribution in [2.75, 3.05) is 7.05 Å². The third-order valence-electron chi connectivity index (χ3n) is 4.53. The molecule has 27 heavy (non-hydrogen) atoms. The van der Waals surface area contributed by atoms with E-state index in [0.29, 0.717) is 22.8 Å². The first-order valence-electron chi connectivity index (χ1n) is 8.66. The van der Waals surface area contributed by atoms with Crippen LogP contribution in [0, 0.1) is 6.92 Å². The van der Waals surface area contributed by atoms with Gasteiger partial charge in [0.05, 0.1) is 0 Å². The Bertz CT molecular complexity index is 931. The highest BCUT2D eigenvalue weighted by Crippen LogP contribution is 2.51. The molecule has 1 aliphatic rings. The summed E-state index contributed by atoms with van der Waals surface area (Å²) in [5.74, 6) is 0.489. The molecule has 4 rings (SSSR count). The fourth-order valence-corrected chi connectivity index (χ4v) is 3.15. The van der Waals surface area contributed by atoms with Crippen LogP contribution >= 0.6 is 0 Å². The van der Waals surface area contributed by atoms with E-state index < -0.39 is 11.9 Å². The Labute approximate surface area is 157 Å². The predicted octanol–water partition coefficient (Wildman–Crippen LogP) is 4.39. The molecule has 136 valence electrons. The summed E-state index contributed by atoms with van der Waals surface area (Å²) in [7, 11) is 1.51. The van der Waals surface area contributed by atoms with Crippen molar-refractivity contribution in [2.45, 2.75) is 12.7 Å². The van der Waals surface area contributed by atoms with Crippen LogP contribution in [0.25, 0.3) is 0 Å². The van der Waals surface area contributed by atoms with Crippen molar-refractivity contribution in [3.05, 3.63) is 89.5 Å². The van der Waals surface area contributed by atoms with Crippen LogP contribution in [-0.2, 0) is 5.79 Å². The van der Waals surface area contributed by atoms with Gasteiger partial charge in [-0.15, -0.1) is 0 Å². The van der Waals surface area contributed by atoms with Gasteiger partial charge in [0.15, 0.2) is 11.5 Å². The van der Waals surface area contributed by atoms with Gasteiger partial charge in [-0.1, -0.05) is 60.7 Å². The molecule has 3 aromatic rings. The average Bonchev–Trinajstić information content (AvgIpc) is 3.13. The zero-order valence-corrected chi connectivity index (χ0v) is 15.1. The maximum Gasteiger partial charge on any atom is 0.412 e. The van der Waals surface area contributed by atoms with E-state index in [2.05, 4.69) is 5.32 Å². The van der Waals surface area contributed by atoms with Gasteiger partial charge in [-0.25, -0.2) is 4.79 Å². The van der Waals surface area contributed by atoms with Crippen LogP contribution in [0.5, 0.6) is 17.2 Å². The molecule has 5 nitrogen and oxygen atoms in total. The van der Waals surface area contributed by atoms with Gasteiger partial charge in [0.1, 0.15) is 5.75 Å². The molecule has 0 fully saturated rings. The summed E-state index contributed by atoms with van der Waals surface area (Å²) in [4.78, 5) is 11.6. The van der Waals surface area contributed by atoms with Gasteiger partial charge >= 0.3 is 11.9 Å². The van der Waals surface area contributed by atoms with Crippen molar-refractivity contribution in [3.8, 4) is 17.2 Å². The van der Waals surface area contributed by atoms with Gasteiger partial charge in [0.25, 0.3) is 0 Å². The van der Waals surface area contributed by atoms with E-state index in [1.807, 2.05) is 67.6 Å². The first kappa shape index (κ1) is 17.0. The zero-order chi connectivity index (χ0) is 18.9. The highest BCUT2D eigenvalue weighted by molar-refractivity contribution is 5.71. The largest absolute Gasteiger partial charge is 0.440 e. The van der Waals surface area contributed by atoms with E-state index in [4.69, 9.17) is 14.2 Å². The van der Waals surface area contributed by atoms with Crippen LogP contribution in [0.1, 0.15) is 16.7 Å². The smallest absolute Gasteiger partial charge is 0.412 e. The van der Waals surface area contributed by atoms with Crippen molar-refractivity contribution in [2.24, 2.45) is 0 Å². The monoisotopic (exact) mass is 361 g/mol. The quantitative estimate of drug-likeness (QED) is 0.752. The third-order valence-corrected chi connectivity index (χ3v) is 4.53. The number of rotatable bonds is 3. The molecule has 1 heterocycles. The molecule has 5 heteroatoms. The Balaban J connectivity index is 1.81. The van der Waals surface area contributed by atoms with E-state index in [0.717, 1.165) is 11.1 Å². The molecule has 0 saturated heterocycles. The highest BCUT2D eigenvalue weighted by Gasteiger charge is 2.46. The van der Waals surface area contributed by atoms with Crippen molar-refractivity contribution in [1.82, 2.24) is 5.32 Å². The van der Waals surface area contributed by atoms with E-state index in [1.165, 1.54) is 7.05 Å². The molecular weight excluding hydrogens is 342 g/mol. The van der Waals surface area contributed by atoms with Gasteiger partial charge in [-0.3, -0.25) is 0 Å². The van der Waals surface area contributed by atoms with Crippen LogP contribution in [0.15, 0.2) is 72.8 Å². The standard InChI is InChI=1S/C22H19NO4/c1-15-18(25-21(24)23-2)13-14-19-20(15)27-22(26-19,16-9-5-3-6-10-16)17-11-7-4-8-12-17/h3-14H,1-2H3,(H,23,24). The number of hydrogen-bond donors (Lipinski definition) is 1. The summed E-state index contributed by atoms with van der Waals surface area (Å²) >= 11 is 0. The number of benzene rings is 3. The molecule has 0 aromatic heterocycles. The van der Waals surface area contributed by atoms with Gasteiger partial charge < -0.3 is 19.5 Å². The average molecular weight is 361 g/mol. The molecule has 0 radical (unpaired) electrons. The number of hydrogen-bond acceptors (Lipinski definition) is 4. The van der Waals surface area contributed by atoms with Crippen LogP contribution in [0.4, 0.5) is 4.79 Å². The lowest BCUT2D eigenvalue weighted by atomic mass is 9.97. The Morgan fingerprint density at radius 2 is 1.48 bits per heavy atom. The molecule has 0 spiro atoms. The van der Waals surface area contributed by atoms with Gasteiger partial charge in [-0.05, 0) is 19.1 Å². The summed E-state index contributed by atoms with van der Waals surface area (Å²) in [6.07, 6.45) is -0.533. The summed E-state index contributed by atoms with van der Waals surface area (Å²) in [5, 5.41) is 2.44. The molecule has 3 aromatic carbocycles. The van der Waals surface area contributed by atoms with Crippen molar-refractivity contribution >= 4 is 6.09 Å². The first-order chi connectivity index (χ1) is 13.1.